The molecule has 392 valence electrons. The van der Waals surface area contributed by atoms with E-state index in [1.165, 1.54) is 131 Å². The standard InChI is InChI=1S/C81H51NS2/c1-3-22-54(23-4-1)79(55-24-5-2-6-25-55)63-29-10-7-26-58(63)60-48-44-53(50-71(60)79)52-42-45-56(46-43-52)82(57-47-49-61-59-27-8-11-30-64(59)81(72(61)51-57)68-34-15-19-40-76(68)84-77-41-20-16-35-69(77)81)73-37-21-36-70-78(73)62-28-9-12-31-65(62)80(70)66-32-13-17-38-74(66)83-75-39-18-14-33-67(75)80/h1-51H. The largest absolute Gasteiger partial charge is 0.310 e. The topological polar surface area (TPSA) is 3.24 Å². The third kappa shape index (κ3) is 6.33. The van der Waals surface area contributed by atoms with E-state index in [0.29, 0.717) is 0 Å². The number of fused-ring (bicyclic) bond motifs is 21. The van der Waals surface area contributed by atoms with Crippen LogP contribution in [0.25, 0.3) is 44.5 Å². The highest BCUT2D eigenvalue weighted by molar-refractivity contribution is 7.99. The van der Waals surface area contributed by atoms with Crippen molar-refractivity contribution in [3.05, 3.63) is 376 Å². The summed E-state index contributed by atoms with van der Waals surface area (Å²) < 4.78 is 0. The monoisotopic (exact) mass is 1100 g/mol. The molecule has 0 saturated carbocycles. The molecule has 0 N–H and O–H groups in total. The van der Waals surface area contributed by atoms with Crippen LogP contribution in [-0.2, 0) is 16.2 Å². The van der Waals surface area contributed by atoms with Crippen LogP contribution >= 0.6 is 23.5 Å². The molecule has 5 aliphatic rings. The van der Waals surface area contributed by atoms with Crippen molar-refractivity contribution in [2.75, 3.05) is 4.90 Å². The Balaban J connectivity index is 0.876. The molecule has 3 heteroatoms. The Bertz CT molecular complexity index is 4730. The lowest BCUT2D eigenvalue weighted by Gasteiger charge is -2.40. The zero-order valence-electron chi connectivity index (χ0n) is 45.7. The Morgan fingerprint density at radius 1 is 0.226 bits per heavy atom. The van der Waals surface area contributed by atoms with Crippen molar-refractivity contribution in [1.29, 1.82) is 0 Å². The van der Waals surface area contributed by atoms with Crippen molar-refractivity contribution in [2.45, 2.75) is 35.8 Å². The van der Waals surface area contributed by atoms with Crippen LogP contribution in [0.5, 0.6) is 0 Å². The second kappa shape index (κ2) is 18.2. The van der Waals surface area contributed by atoms with Gasteiger partial charge in [-0.25, -0.2) is 0 Å². The van der Waals surface area contributed by atoms with Crippen molar-refractivity contribution in [1.82, 2.24) is 0 Å². The number of hydrogen-bond acceptors (Lipinski definition) is 3. The minimum absolute atomic E-state index is 0.497. The second-order valence-corrected chi connectivity index (χ2v) is 25.0. The van der Waals surface area contributed by atoms with Crippen molar-refractivity contribution in [3.63, 3.8) is 0 Å². The fraction of sp³-hybridized carbons (Fsp3) is 0.0370. The summed E-state index contributed by atoms with van der Waals surface area (Å²) in [7, 11) is 0. The normalized spacial score (nSPS) is 14.9. The molecule has 0 unspecified atom stereocenters. The van der Waals surface area contributed by atoms with Gasteiger partial charge in [-0.3, -0.25) is 0 Å². The first-order chi connectivity index (χ1) is 41.7. The molecule has 2 aliphatic heterocycles. The van der Waals surface area contributed by atoms with E-state index in [9.17, 15) is 0 Å². The van der Waals surface area contributed by atoms with Gasteiger partial charge in [-0.2, -0.15) is 0 Å². The highest BCUT2D eigenvalue weighted by Gasteiger charge is 2.53. The van der Waals surface area contributed by atoms with Gasteiger partial charge in [0.05, 0.1) is 21.9 Å². The van der Waals surface area contributed by atoms with Gasteiger partial charge in [-0.05, 0) is 166 Å². The minimum Gasteiger partial charge on any atom is -0.310 e. The summed E-state index contributed by atoms with van der Waals surface area (Å²) in [6.07, 6.45) is 0. The molecule has 0 saturated heterocycles. The SMILES string of the molecule is c1ccc(C2(c3ccccc3)c3ccccc3-c3ccc(-c4ccc(N(c5ccc6c(c5)C5(c7ccccc7Sc7ccccc75)c5ccccc5-6)c5cccc6c5-c5ccccc5C65c6ccccc6Sc6ccccc65)cc4)cc32)cc1. The third-order valence-electron chi connectivity index (χ3n) is 19.1. The molecule has 0 radical (unpaired) electrons. The maximum absolute atomic E-state index is 2.58. The Morgan fingerprint density at radius 2 is 0.595 bits per heavy atom. The average Bonchev–Trinajstić information content (AvgIpc) is 1.81. The first kappa shape index (κ1) is 47.9. The molecule has 13 aromatic rings. The number of hydrogen-bond donors (Lipinski definition) is 0. The Labute approximate surface area is 498 Å². The number of benzene rings is 13. The number of rotatable bonds is 6. The lowest BCUT2D eigenvalue weighted by atomic mass is 9.67. The van der Waals surface area contributed by atoms with Gasteiger partial charge in [0.15, 0.2) is 0 Å². The smallest absolute Gasteiger partial charge is 0.0736 e. The van der Waals surface area contributed by atoms with E-state index < -0.39 is 16.2 Å². The first-order valence-electron chi connectivity index (χ1n) is 29.1. The molecule has 0 aromatic heterocycles. The van der Waals surface area contributed by atoms with Crippen LogP contribution in [0.15, 0.2) is 329 Å². The van der Waals surface area contributed by atoms with Crippen LogP contribution in [0, 0.1) is 0 Å². The summed E-state index contributed by atoms with van der Waals surface area (Å²) >= 11 is 3.79. The number of anilines is 3. The predicted octanol–water partition coefficient (Wildman–Crippen LogP) is 20.8. The van der Waals surface area contributed by atoms with E-state index in [2.05, 4.69) is 314 Å². The molecule has 3 aliphatic carbocycles. The predicted molar refractivity (Wildman–Crippen MR) is 347 cm³/mol. The van der Waals surface area contributed by atoms with E-state index in [1.54, 1.807) is 0 Å². The number of nitrogens with zero attached hydrogens (tertiary/aromatic N) is 1. The second-order valence-electron chi connectivity index (χ2n) is 22.9. The lowest BCUT2D eigenvalue weighted by Crippen LogP contribution is -2.32. The molecule has 84 heavy (non-hydrogen) atoms. The highest BCUT2D eigenvalue weighted by atomic mass is 32.2. The van der Waals surface area contributed by atoms with E-state index in [0.717, 1.165) is 17.1 Å². The highest BCUT2D eigenvalue weighted by Crippen LogP contribution is 2.66. The summed E-state index contributed by atoms with van der Waals surface area (Å²) in [4.78, 5) is 7.77. The quantitative estimate of drug-likeness (QED) is 0.163. The van der Waals surface area contributed by atoms with Gasteiger partial charge in [0, 0.05) is 36.5 Å². The van der Waals surface area contributed by atoms with Crippen LogP contribution in [-0.4, -0.2) is 0 Å². The van der Waals surface area contributed by atoms with Gasteiger partial charge in [0.2, 0.25) is 0 Å². The summed E-state index contributed by atoms with van der Waals surface area (Å²) in [5.41, 5.74) is 27.5. The molecule has 0 atom stereocenters. The van der Waals surface area contributed by atoms with Crippen molar-refractivity contribution >= 4 is 40.6 Å². The van der Waals surface area contributed by atoms with Gasteiger partial charge in [-0.1, -0.05) is 272 Å². The van der Waals surface area contributed by atoms with Gasteiger partial charge in [-0.15, -0.1) is 0 Å². The molecule has 2 heterocycles. The zero-order valence-corrected chi connectivity index (χ0v) is 47.3. The van der Waals surface area contributed by atoms with Crippen LogP contribution in [0.3, 0.4) is 0 Å². The Hall–Kier alpha value is -9.64. The summed E-state index contributed by atoms with van der Waals surface area (Å²) in [5, 5.41) is 0. The molecular weight excluding hydrogens is 1050 g/mol. The van der Waals surface area contributed by atoms with E-state index >= 15 is 0 Å². The fourth-order valence-electron chi connectivity index (χ4n) is 15.9. The van der Waals surface area contributed by atoms with Crippen LogP contribution < -0.4 is 4.90 Å². The first-order valence-corrected chi connectivity index (χ1v) is 30.8. The van der Waals surface area contributed by atoms with Crippen LogP contribution in [0.1, 0.15) is 66.8 Å². The minimum atomic E-state index is -0.541. The molecule has 0 fully saturated rings. The maximum Gasteiger partial charge on any atom is 0.0736 e. The zero-order chi connectivity index (χ0) is 55.1. The molecule has 1 nitrogen and oxygen atoms in total. The molecule has 18 rings (SSSR count). The van der Waals surface area contributed by atoms with Crippen LogP contribution in [0.2, 0.25) is 0 Å². The maximum atomic E-state index is 2.58. The van der Waals surface area contributed by atoms with Gasteiger partial charge in [0.1, 0.15) is 0 Å². The van der Waals surface area contributed by atoms with Gasteiger partial charge in [0.25, 0.3) is 0 Å². The molecule has 2 spiro atoms. The molecule has 0 bridgehead atoms. The lowest BCUT2D eigenvalue weighted by molar-refractivity contribution is 0.722. The summed E-state index contributed by atoms with van der Waals surface area (Å²) in [6, 6.07) is 117. The van der Waals surface area contributed by atoms with Gasteiger partial charge < -0.3 is 4.90 Å². The summed E-state index contributed by atoms with van der Waals surface area (Å²) in [6.45, 7) is 0. The summed E-state index contributed by atoms with van der Waals surface area (Å²) in [5.74, 6) is 0. The average molecular weight is 1100 g/mol. The molecular formula is C81H51NS2. The molecule has 0 amide bonds. The van der Waals surface area contributed by atoms with Crippen molar-refractivity contribution < 1.29 is 0 Å². The Morgan fingerprint density at radius 3 is 1.13 bits per heavy atom. The molecule has 13 aromatic carbocycles. The third-order valence-corrected chi connectivity index (χ3v) is 21.4. The van der Waals surface area contributed by atoms with Crippen LogP contribution in [0.4, 0.5) is 17.1 Å². The van der Waals surface area contributed by atoms with Gasteiger partial charge >= 0.3 is 0 Å². The fourth-order valence-corrected chi connectivity index (χ4v) is 18.3. The van der Waals surface area contributed by atoms with E-state index in [4.69, 9.17) is 0 Å². The van der Waals surface area contributed by atoms with Crippen molar-refractivity contribution in [3.8, 4) is 44.5 Å². The van der Waals surface area contributed by atoms with Crippen molar-refractivity contribution in [2.24, 2.45) is 0 Å². The van der Waals surface area contributed by atoms with E-state index in [1.807, 2.05) is 23.5 Å². The van der Waals surface area contributed by atoms with E-state index in [-0.39, 0.29) is 0 Å². The Kier molecular flexibility index (Phi) is 10.4.